The van der Waals surface area contributed by atoms with Crippen molar-refractivity contribution in [3.8, 4) is 0 Å². The van der Waals surface area contributed by atoms with Gasteiger partial charge in [-0.15, -0.1) is 0 Å². The smallest absolute Gasteiger partial charge is 0.481 e. The molecule has 160 valence electrons. The van der Waals surface area contributed by atoms with Gasteiger partial charge in [0.05, 0.1) is 12.2 Å². The Hall–Kier alpha value is 0.0134. The van der Waals surface area contributed by atoms with Gasteiger partial charge in [-0.1, -0.05) is 20.8 Å². The summed E-state index contributed by atoms with van der Waals surface area (Å²) in [5.74, 6) is 2.36. The van der Waals surface area contributed by atoms with Crippen LogP contribution in [0.25, 0.3) is 0 Å². The Balaban J connectivity index is 0.00000240. The van der Waals surface area contributed by atoms with Crippen LogP contribution < -0.4 is 0 Å². The van der Waals surface area contributed by atoms with Crippen molar-refractivity contribution >= 4 is 5.97 Å². The van der Waals surface area contributed by atoms with Crippen LogP contribution in [0.2, 0.25) is 0 Å². The molecule has 0 aromatic carbocycles. The molecule has 0 radical (unpaired) electrons. The molecule has 10 atom stereocenters. The van der Waals surface area contributed by atoms with Gasteiger partial charge in [0.2, 0.25) is 0 Å². The molecule has 5 heteroatoms. The molecule has 0 saturated heterocycles. The van der Waals surface area contributed by atoms with Crippen molar-refractivity contribution in [1.29, 1.82) is 0 Å². The minimum atomic E-state index is -0.684. The first kappa shape index (κ1) is 23.7. The molecule has 0 amide bonds. The van der Waals surface area contributed by atoms with E-state index >= 15 is 0 Å². The van der Waals surface area contributed by atoms with Crippen molar-refractivity contribution in [2.24, 2.45) is 46.3 Å². The average Bonchev–Trinajstić information content (AvgIpc) is 2.98. The number of carbonyl (C=O) groups is 1. The molecule has 29 heavy (non-hydrogen) atoms. The van der Waals surface area contributed by atoms with Crippen molar-refractivity contribution in [3.63, 3.8) is 0 Å². The summed E-state index contributed by atoms with van der Waals surface area (Å²) in [6.45, 7) is 7.16. The van der Waals surface area contributed by atoms with Gasteiger partial charge in [0.15, 0.2) is 0 Å². The second-order valence-electron chi connectivity index (χ2n) is 11.4. The van der Waals surface area contributed by atoms with Gasteiger partial charge in [0.25, 0.3) is 0 Å². The Morgan fingerprint density at radius 2 is 1.66 bits per heavy atom. The van der Waals surface area contributed by atoms with Crippen LogP contribution in [0.1, 0.15) is 85.0 Å². The molecule has 4 rings (SSSR count). The van der Waals surface area contributed by atoms with Crippen LogP contribution in [-0.2, 0) is 24.3 Å². The summed E-state index contributed by atoms with van der Waals surface area (Å²) in [5, 5.41) is 30.5. The van der Waals surface area contributed by atoms with Gasteiger partial charge in [-0.05, 0) is 104 Å². The maximum Gasteiger partial charge on any atom is 2.00 e. The molecule has 0 aromatic heterocycles. The molecule has 4 saturated carbocycles. The zero-order valence-electron chi connectivity index (χ0n) is 18.6. The molecular weight excluding hydrogens is 418 g/mol. The molecule has 0 aromatic rings. The molecule has 4 aliphatic rings. The minimum Gasteiger partial charge on any atom is -0.481 e. The maximum atomic E-state index is 11.2. The maximum absolute atomic E-state index is 11.2. The number of carboxylic acids is 1. The van der Waals surface area contributed by atoms with Gasteiger partial charge in [-0.25, -0.2) is 0 Å². The Labute approximate surface area is 189 Å². The van der Waals surface area contributed by atoms with E-state index in [-0.39, 0.29) is 48.9 Å². The van der Waals surface area contributed by atoms with Crippen LogP contribution in [0, 0.1) is 46.3 Å². The Morgan fingerprint density at radius 3 is 2.34 bits per heavy atom. The molecule has 4 fully saturated rings. The van der Waals surface area contributed by atoms with E-state index < -0.39 is 5.97 Å². The van der Waals surface area contributed by atoms with Crippen molar-refractivity contribution in [1.82, 2.24) is 0 Å². The Kier molecular flexibility index (Phi) is 6.95. The third kappa shape index (κ3) is 3.87. The van der Waals surface area contributed by atoms with Crippen molar-refractivity contribution in [2.75, 3.05) is 0 Å². The van der Waals surface area contributed by atoms with E-state index in [4.69, 9.17) is 5.11 Å². The van der Waals surface area contributed by atoms with Crippen LogP contribution in [-0.4, -0.2) is 33.5 Å². The number of aliphatic hydroxyl groups is 2. The quantitative estimate of drug-likeness (QED) is 0.544. The second kappa shape index (κ2) is 8.51. The topological polar surface area (TPSA) is 77.8 Å². The standard InChI is InChI=1S/C24H40O4.Zn/c1-14(4-7-21(27)28)17-5-6-18-22-19(9-11-24(17,18)3)23(2)10-8-16(25)12-15(23)13-20(22)26;/h14-20,22,25-26H,4-13H2,1-3H3,(H,27,28);/q;+2/t14-,15+,16-,17-,18+,19?,20-,22+,23+,24-;/m1./s1. The second-order valence-corrected chi connectivity index (χ2v) is 11.4. The third-order valence-electron chi connectivity index (χ3n) is 10.2. The van der Waals surface area contributed by atoms with Gasteiger partial charge in [-0.3, -0.25) is 4.79 Å². The first-order valence-corrected chi connectivity index (χ1v) is 11.7. The summed E-state index contributed by atoms with van der Waals surface area (Å²) >= 11 is 0. The van der Waals surface area contributed by atoms with E-state index in [0.29, 0.717) is 35.5 Å². The summed E-state index contributed by atoms with van der Waals surface area (Å²) in [6, 6.07) is 0. The van der Waals surface area contributed by atoms with E-state index in [1.807, 2.05) is 0 Å². The molecule has 4 aliphatic carbocycles. The van der Waals surface area contributed by atoms with Crippen molar-refractivity contribution < 1.29 is 39.6 Å². The molecule has 1 unspecified atom stereocenters. The van der Waals surface area contributed by atoms with Crippen LogP contribution in [0.5, 0.6) is 0 Å². The van der Waals surface area contributed by atoms with Crippen LogP contribution >= 0.6 is 0 Å². The van der Waals surface area contributed by atoms with Gasteiger partial charge < -0.3 is 15.3 Å². The fourth-order valence-electron chi connectivity index (χ4n) is 8.73. The normalized spacial score (nSPS) is 49.9. The number of carboxylic acid groups (broad SMARTS) is 1. The number of hydrogen-bond donors (Lipinski definition) is 3. The predicted molar refractivity (Wildman–Crippen MR) is 109 cm³/mol. The van der Waals surface area contributed by atoms with E-state index in [0.717, 1.165) is 32.1 Å². The number of hydrogen-bond acceptors (Lipinski definition) is 3. The van der Waals surface area contributed by atoms with Crippen LogP contribution in [0.3, 0.4) is 0 Å². The SMILES string of the molecule is C[C@H](CCC(=O)O)[C@H]1CC[C@H]2[C@H]3C(CC[C@]12C)[C@@]1(C)CC[C@@H](O)C[C@H]1C[C@H]3O.[Zn+2]. The number of rotatable bonds is 4. The van der Waals surface area contributed by atoms with Crippen molar-refractivity contribution in [2.45, 2.75) is 97.2 Å². The molecule has 3 N–H and O–H groups in total. The van der Waals surface area contributed by atoms with Crippen molar-refractivity contribution in [3.05, 3.63) is 0 Å². The minimum absolute atomic E-state index is 0. The monoisotopic (exact) mass is 456 g/mol. The van der Waals surface area contributed by atoms with E-state index in [2.05, 4.69) is 20.8 Å². The summed E-state index contributed by atoms with van der Waals surface area (Å²) in [7, 11) is 0. The summed E-state index contributed by atoms with van der Waals surface area (Å²) in [5.41, 5.74) is 0.523. The molecule has 4 nitrogen and oxygen atoms in total. The average molecular weight is 458 g/mol. The molecule has 0 spiro atoms. The first-order valence-electron chi connectivity index (χ1n) is 11.7. The van der Waals surface area contributed by atoms with Gasteiger partial charge >= 0.3 is 25.4 Å². The number of fused-ring (bicyclic) bond motifs is 5. The fraction of sp³-hybridized carbons (Fsp3) is 0.958. The van der Waals surface area contributed by atoms with E-state index in [9.17, 15) is 15.0 Å². The molecular formula is C24H40O4Zn+2. The summed E-state index contributed by atoms with van der Waals surface area (Å²) in [4.78, 5) is 11.1. The van der Waals surface area contributed by atoms with Crippen LogP contribution in [0.15, 0.2) is 0 Å². The predicted octanol–water partition coefficient (Wildman–Crippen LogP) is 4.48. The van der Waals surface area contributed by atoms with Crippen LogP contribution in [0.4, 0.5) is 0 Å². The summed E-state index contributed by atoms with van der Waals surface area (Å²) in [6.07, 6.45) is 9.19. The molecule has 0 bridgehead atoms. The van der Waals surface area contributed by atoms with E-state index in [1.54, 1.807) is 0 Å². The molecule has 0 heterocycles. The zero-order chi connectivity index (χ0) is 20.3. The van der Waals surface area contributed by atoms with Gasteiger partial charge in [-0.2, -0.15) is 0 Å². The van der Waals surface area contributed by atoms with Gasteiger partial charge in [0.1, 0.15) is 0 Å². The first-order chi connectivity index (χ1) is 13.2. The third-order valence-corrected chi connectivity index (χ3v) is 10.2. The van der Waals surface area contributed by atoms with E-state index in [1.165, 1.54) is 25.7 Å². The Bertz CT molecular complexity index is 612. The summed E-state index contributed by atoms with van der Waals surface area (Å²) < 4.78 is 0. The molecule has 0 aliphatic heterocycles. The number of aliphatic carboxylic acids is 1. The number of aliphatic hydroxyl groups excluding tert-OH is 2. The fourth-order valence-corrected chi connectivity index (χ4v) is 8.73. The zero-order valence-corrected chi connectivity index (χ0v) is 21.6. The van der Waals surface area contributed by atoms with Gasteiger partial charge in [0, 0.05) is 6.42 Å². The largest absolute Gasteiger partial charge is 2.00 e. The Morgan fingerprint density at radius 1 is 1.00 bits per heavy atom.